The van der Waals surface area contributed by atoms with Crippen LogP contribution in [0.4, 0.5) is 10.5 Å². The van der Waals surface area contributed by atoms with Crippen molar-refractivity contribution in [2.24, 2.45) is 0 Å². The minimum absolute atomic E-state index is 0.0465. The number of anilines is 1. The van der Waals surface area contributed by atoms with E-state index < -0.39 is 0 Å². The van der Waals surface area contributed by atoms with Crippen molar-refractivity contribution in [3.63, 3.8) is 0 Å². The van der Waals surface area contributed by atoms with Gasteiger partial charge in [-0.15, -0.1) is 0 Å². The minimum atomic E-state index is -0.191. The van der Waals surface area contributed by atoms with Gasteiger partial charge in [-0.2, -0.15) is 0 Å². The topological polar surface area (TPSA) is 54.0 Å². The van der Waals surface area contributed by atoms with E-state index in [1.54, 1.807) is 6.20 Å². The first-order valence-electron chi connectivity index (χ1n) is 9.16. The Morgan fingerprint density at radius 1 is 1.00 bits per heavy atom. The SMILES string of the molecule is Cc1cc(-c2ccc(NC(=O)NC(C)Cc3ccccc3C)cc2)ccn1. The summed E-state index contributed by atoms with van der Waals surface area (Å²) >= 11 is 0. The largest absolute Gasteiger partial charge is 0.335 e. The molecule has 0 aliphatic heterocycles. The summed E-state index contributed by atoms with van der Waals surface area (Å²) in [5.74, 6) is 0. The molecule has 1 aromatic heterocycles. The number of carbonyl (C=O) groups is 1. The van der Waals surface area contributed by atoms with Gasteiger partial charge in [0, 0.05) is 23.6 Å². The molecule has 0 radical (unpaired) electrons. The van der Waals surface area contributed by atoms with Crippen molar-refractivity contribution in [1.29, 1.82) is 0 Å². The first kappa shape index (κ1) is 18.6. The molecule has 0 saturated carbocycles. The molecule has 138 valence electrons. The zero-order valence-electron chi connectivity index (χ0n) is 16.0. The van der Waals surface area contributed by atoms with Gasteiger partial charge in [-0.3, -0.25) is 4.98 Å². The number of rotatable bonds is 5. The molecule has 0 spiro atoms. The van der Waals surface area contributed by atoms with Crippen LogP contribution in [0.5, 0.6) is 0 Å². The fraction of sp³-hybridized carbons (Fsp3) is 0.217. The van der Waals surface area contributed by atoms with Crippen LogP contribution in [0.3, 0.4) is 0 Å². The summed E-state index contributed by atoms with van der Waals surface area (Å²) < 4.78 is 0. The molecule has 1 unspecified atom stereocenters. The first-order chi connectivity index (χ1) is 13.0. The Kier molecular flexibility index (Phi) is 5.87. The molecule has 1 heterocycles. The van der Waals surface area contributed by atoms with Gasteiger partial charge >= 0.3 is 6.03 Å². The quantitative estimate of drug-likeness (QED) is 0.664. The van der Waals surface area contributed by atoms with Crippen LogP contribution in [0.2, 0.25) is 0 Å². The number of nitrogens with zero attached hydrogens (tertiary/aromatic N) is 1. The van der Waals surface area contributed by atoms with E-state index in [1.165, 1.54) is 11.1 Å². The minimum Gasteiger partial charge on any atom is -0.335 e. The fourth-order valence-electron chi connectivity index (χ4n) is 3.08. The van der Waals surface area contributed by atoms with Gasteiger partial charge in [0.15, 0.2) is 0 Å². The number of urea groups is 1. The van der Waals surface area contributed by atoms with E-state index in [9.17, 15) is 4.79 Å². The predicted octanol–water partition coefficient (Wildman–Crippen LogP) is 5.12. The summed E-state index contributed by atoms with van der Waals surface area (Å²) in [6.07, 6.45) is 2.61. The lowest BCUT2D eigenvalue weighted by molar-refractivity contribution is 0.249. The van der Waals surface area contributed by atoms with E-state index in [0.717, 1.165) is 28.9 Å². The number of hydrogen-bond donors (Lipinski definition) is 2. The van der Waals surface area contributed by atoms with Gasteiger partial charge in [0.05, 0.1) is 0 Å². The number of hydrogen-bond acceptors (Lipinski definition) is 2. The van der Waals surface area contributed by atoms with Gasteiger partial charge in [-0.1, -0.05) is 36.4 Å². The van der Waals surface area contributed by atoms with E-state index in [1.807, 2.05) is 62.4 Å². The van der Waals surface area contributed by atoms with Gasteiger partial charge in [0.25, 0.3) is 0 Å². The number of nitrogens with one attached hydrogen (secondary N) is 2. The second-order valence-electron chi connectivity index (χ2n) is 6.89. The first-order valence-corrected chi connectivity index (χ1v) is 9.16. The highest BCUT2D eigenvalue weighted by Crippen LogP contribution is 2.21. The number of aromatic nitrogens is 1. The zero-order valence-corrected chi connectivity index (χ0v) is 16.0. The third-order valence-electron chi connectivity index (χ3n) is 4.54. The highest BCUT2D eigenvalue weighted by Gasteiger charge is 2.09. The molecular formula is C23H25N3O. The van der Waals surface area contributed by atoms with Crippen molar-refractivity contribution < 1.29 is 4.79 Å². The smallest absolute Gasteiger partial charge is 0.319 e. The summed E-state index contributed by atoms with van der Waals surface area (Å²) in [6, 6.07) is 20.0. The van der Waals surface area contributed by atoms with Crippen LogP contribution in [-0.4, -0.2) is 17.1 Å². The van der Waals surface area contributed by atoms with Crippen molar-refractivity contribution in [1.82, 2.24) is 10.3 Å². The molecule has 2 N–H and O–H groups in total. The van der Waals surface area contributed by atoms with Crippen molar-refractivity contribution in [2.75, 3.05) is 5.32 Å². The number of aryl methyl sites for hydroxylation is 2. The van der Waals surface area contributed by atoms with Crippen LogP contribution in [-0.2, 0) is 6.42 Å². The average Bonchev–Trinajstić information content (AvgIpc) is 2.64. The molecule has 3 aromatic rings. The molecule has 0 fully saturated rings. The average molecular weight is 359 g/mol. The Morgan fingerprint density at radius 2 is 1.74 bits per heavy atom. The summed E-state index contributed by atoms with van der Waals surface area (Å²) in [7, 11) is 0. The van der Waals surface area contributed by atoms with Gasteiger partial charge < -0.3 is 10.6 Å². The molecule has 4 nitrogen and oxygen atoms in total. The maximum atomic E-state index is 12.3. The van der Waals surface area contributed by atoms with Gasteiger partial charge in [0.1, 0.15) is 0 Å². The van der Waals surface area contributed by atoms with Crippen LogP contribution in [0.1, 0.15) is 23.7 Å². The normalized spacial score (nSPS) is 11.7. The Labute approximate surface area is 160 Å². The summed E-state index contributed by atoms with van der Waals surface area (Å²) in [4.78, 5) is 16.5. The lowest BCUT2D eigenvalue weighted by Gasteiger charge is -2.16. The molecular weight excluding hydrogens is 334 g/mol. The predicted molar refractivity (Wildman–Crippen MR) is 111 cm³/mol. The second kappa shape index (κ2) is 8.49. The number of carbonyl (C=O) groups excluding carboxylic acids is 1. The number of benzene rings is 2. The number of amides is 2. The molecule has 27 heavy (non-hydrogen) atoms. The molecule has 3 rings (SSSR count). The monoisotopic (exact) mass is 359 g/mol. The lowest BCUT2D eigenvalue weighted by atomic mass is 10.0. The third kappa shape index (κ3) is 5.17. The summed E-state index contributed by atoms with van der Waals surface area (Å²) in [5, 5.41) is 5.90. The second-order valence-corrected chi connectivity index (χ2v) is 6.89. The number of pyridine rings is 1. The maximum absolute atomic E-state index is 12.3. The highest BCUT2D eigenvalue weighted by molar-refractivity contribution is 5.89. The van der Waals surface area contributed by atoms with Crippen molar-refractivity contribution in [3.8, 4) is 11.1 Å². The lowest BCUT2D eigenvalue weighted by Crippen LogP contribution is -2.37. The zero-order chi connectivity index (χ0) is 19.2. The molecule has 4 heteroatoms. The van der Waals surface area contributed by atoms with E-state index in [0.29, 0.717) is 0 Å². The van der Waals surface area contributed by atoms with Crippen LogP contribution in [0.15, 0.2) is 66.9 Å². The van der Waals surface area contributed by atoms with Crippen molar-refractivity contribution in [3.05, 3.63) is 83.7 Å². The van der Waals surface area contributed by atoms with E-state index >= 15 is 0 Å². The Balaban J connectivity index is 1.57. The van der Waals surface area contributed by atoms with Crippen molar-refractivity contribution >= 4 is 11.7 Å². The molecule has 2 aromatic carbocycles. The van der Waals surface area contributed by atoms with Gasteiger partial charge in [-0.05, 0) is 73.7 Å². The molecule has 0 saturated heterocycles. The molecule has 0 aliphatic carbocycles. The van der Waals surface area contributed by atoms with E-state index in [-0.39, 0.29) is 12.1 Å². The summed E-state index contributed by atoms with van der Waals surface area (Å²) in [6.45, 7) is 6.08. The maximum Gasteiger partial charge on any atom is 0.319 e. The van der Waals surface area contributed by atoms with Crippen LogP contribution < -0.4 is 10.6 Å². The molecule has 0 bridgehead atoms. The Hall–Kier alpha value is -3.14. The van der Waals surface area contributed by atoms with E-state index in [2.05, 4.69) is 34.7 Å². The van der Waals surface area contributed by atoms with Crippen molar-refractivity contribution in [2.45, 2.75) is 33.2 Å². The van der Waals surface area contributed by atoms with Gasteiger partial charge in [0.2, 0.25) is 0 Å². The Morgan fingerprint density at radius 3 is 2.44 bits per heavy atom. The molecule has 0 aliphatic rings. The van der Waals surface area contributed by atoms with Crippen LogP contribution in [0, 0.1) is 13.8 Å². The fourth-order valence-corrected chi connectivity index (χ4v) is 3.08. The summed E-state index contributed by atoms with van der Waals surface area (Å²) in [5.41, 5.74) is 6.46. The Bertz CT molecular complexity index is 919. The molecule has 1 atom stereocenters. The van der Waals surface area contributed by atoms with Crippen LogP contribution in [0.25, 0.3) is 11.1 Å². The molecule has 2 amide bonds. The van der Waals surface area contributed by atoms with E-state index in [4.69, 9.17) is 0 Å². The van der Waals surface area contributed by atoms with Gasteiger partial charge in [-0.25, -0.2) is 4.79 Å². The third-order valence-corrected chi connectivity index (χ3v) is 4.54. The highest BCUT2D eigenvalue weighted by atomic mass is 16.2. The standard InChI is InChI=1S/C23H25N3O/c1-16-6-4-5-7-20(16)15-18(3)25-23(27)26-22-10-8-19(9-11-22)21-12-13-24-17(2)14-21/h4-14,18H,15H2,1-3H3,(H2,25,26,27). The van der Waals surface area contributed by atoms with Crippen LogP contribution >= 0.6 is 0 Å².